The molecule has 0 amide bonds. The van der Waals surface area contributed by atoms with Crippen molar-refractivity contribution >= 4 is 60.0 Å². The van der Waals surface area contributed by atoms with Crippen LogP contribution < -0.4 is 4.90 Å². The molecule has 0 spiro atoms. The van der Waals surface area contributed by atoms with Gasteiger partial charge in [0.05, 0.1) is 0 Å². The number of hydrogen-bond acceptors (Lipinski definition) is 1. The zero-order valence-electron chi connectivity index (χ0n) is 29.4. The molecule has 1 aliphatic rings. The summed E-state index contributed by atoms with van der Waals surface area (Å²) in [5.41, 5.74) is 10.9. The molecule has 0 bridgehead atoms. The fourth-order valence-electron chi connectivity index (χ4n) is 8.18. The maximum atomic E-state index is 2.44. The zero-order valence-corrected chi connectivity index (χ0v) is 29.4. The molecular weight excluding hydrogens is 639 g/mol. The summed E-state index contributed by atoms with van der Waals surface area (Å²) < 4.78 is 0. The van der Waals surface area contributed by atoms with Gasteiger partial charge >= 0.3 is 0 Å². The fraction of sp³-hybridized carbons (Fsp3) is 0.0385. The lowest BCUT2D eigenvalue weighted by molar-refractivity contribution is 1.00. The summed E-state index contributed by atoms with van der Waals surface area (Å²) in [7, 11) is 0. The molecule has 0 fully saturated rings. The first kappa shape index (κ1) is 31.1. The normalized spacial score (nSPS) is 13.0. The van der Waals surface area contributed by atoms with E-state index in [1.165, 1.54) is 82.2 Å². The van der Waals surface area contributed by atoms with Gasteiger partial charge in [-0.25, -0.2) is 0 Å². The molecule has 0 unspecified atom stereocenters. The molecule has 0 heterocycles. The molecule has 10 rings (SSSR count). The van der Waals surface area contributed by atoms with Gasteiger partial charge < -0.3 is 4.90 Å². The Balaban J connectivity index is 1.03. The number of allylic oxidation sites excluding steroid dienone is 3. The average molecular weight is 676 g/mol. The van der Waals surface area contributed by atoms with Crippen LogP contribution in [0.3, 0.4) is 0 Å². The summed E-state index contributed by atoms with van der Waals surface area (Å²) in [4.78, 5) is 2.44. The number of nitrogens with zero attached hydrogens (tertiary/aromatic N) is 1. The molecule has 9 aromatic carbocycles. The molecule has 0 aliphatic heterocycles. The lowest BCUT2D eigenvalue weighted by Gasteiger charge is -2.31. The minimum Gasteiger partial charge on any atom is -0.310 e. The van der Waals surface area contributed by atoms with Crippen LogP contribution in [0.1, 0.15) is 18.4 Å². The second-order valence-electron chi connectivity index (χ2n) is 14.0. The Hall–Kier alpha value is -6.70. The van der Waals surface area contributed by atoms with Crippen LogP contribution in [-0.4, -0.2) is 0 Å². The summed E-state index contributed by atoms with van der Waals surface area (Å²) in [5, 5.41) is 10.2. The van der Waals surface area contributed by atoms with Gasteiger partial charge in [0, 0.05) is 22.6 Å². The minimum absolute atomic E-state index is 1.01. The Bertz CT molecular complexity index is 2700. The Labute approximate surface area is 310 Å². The van der Waals surface area contributed by atoms with Crippen LogP contribution in [0.5, 0.6) is 0 Å². The second-order valence-corrected chi connectivity index (χ2v) is 14.0. The highest BCUT2D eigenvalue weighted by Gasteiger charge is 2.21. The molecule has 1 nitrogen and oxygen atoms in total. The molecule has 1 aliphatic carbocycles. The van der Waals surface area contributed by atoms with Gasteiger partial charge in [-0.3, -0.25) is 0 Å². The third-order valence-corrected chi connectivity index (χ3v) is 10.9. The molecular formula is C52H37N. The monoisotopic (exact) mass is 675 g/mol. The van der Waals surface area contributed by atoms with Crippen LogP contribution in [0.15, 0.2) is 206 Å². The number of fused-ring (bicyclic) bond motifs is 6. The molecule has 0 aromatic heterocycles. The highest BCUT2D eigenvalue weighted by molar-refractivity contribution is 6.09. The standard InChI is InChI=1S/C52H37N/c1-2-10-38(11-3-1)51-16-8-9-17-52(51)53(45-28-22-36(23-29-45)41-26-32-49-43(34-41)20-18-39-12-4-6-14-47(39)49)46-30-24-37(25-31-46)42-27-33-50-44(35-42)21-19-40-13-5-7-15-48(40)50/h1-7,10-35H,8-9H2. The van der Waals surface area contributed by atoms with E-state index in [9.17, 15) is 0 Å². The lowest BCUT2D eigenvalue weighted by atomic mass is 9.94. The van der Waals surface area contributed by atoms with Crippen LogP contribution in [0.4, 0.5) is 11.4 Å². The predicted octanol–water partition coefficient (Wildman–Crippen LogP) is 14.5. The van der Waals surface area contributed by atoms with Crippen LogP contribution in [-0.2, 0) is 0 Å². The highest BCUT2D eigenvalue weighted by Crippen LogP contribution is 2.41. The fourth-order valence-corrected chi connectivity index (χ4v) is 8.18. The van der Waals surface area contributed by atoms with E-state index in [1.807, 2.05) is 0 Å². The van der Waals surface area contributed by atoms with Crippen molar-refractivity contribution in [3.8, 4) is 22.3 Å². The topological polar surface area (TPSA) is 3.24 Å². The van der Waals surface area contributed by atoms with Crippen molar-refractivity contribution in [2.45, 2.75) is 12.8 Å². The van der Waals surface area contributed by atoms with Crippen molar-refractivity contribution in [2.75, 3.05) is 4.90 Å². The average Bonchev–Trinajstić information content (AvgIpc) is 3.24. The zero-order chi connectivity index (χ0) is 35.1. The Morgan fingerprint density at radius 1 is 0.302 bits per heavy atom. The van der Waals surface area contributed by atoms with E-state index in [0.717, 1.165) is 24.2 Å². The lowest BCUT2D eigenvalue weighted by Crippen LogP contribution is -2.19. The van der Waals surface area contributed by atoms with E-state index in [2.05, 4.69) is 205 Å². The molecule has 0 atom stereocenters. The van der Waals surface area contributed by atoms with Gasteiger partial charge in [0.25, 0.3) is 0 Å². The molecule has 250 valence electrons. The summed E-state index contributed by atoms with van der Waals surface area (Å²) in [6.07, 6.45) is 6.85. The van der Waals surface area contributed by atoms with Crippen LogP contribution >= 0.6 is 0 Å². The predicted molar refractivity (Wildman–Crippen MR) is 228 cm³/mol. The van der Waals surface area contributed by atoms with Crippen molar-refractivity contribution in [3.63, 3.8) is 0 Å². The van der Waals surface area contributed by atoms with Gasteiger partial charge in [-0.2, -0.15) is 0 Å². The summed E-state index contributed by atoms with van der Waals surface area (Å²) in [6.45, 7) is 0. The third kappa shape index (κ3) is 5.68. The minimum atomic E-state index is 1.01. The summed E-state index contributed by atoms with van der Waals surface area (Å²) in [5.74, 6) is 0. The van der Waals surface area contributed by atoms with Gasteiger partial charge in [-0.05, 0) is 120 Å². The van der Waals surface area contributed by atoms with Crippen LogP contribution in [0.2, 0.25) is 0 Å². The molecule has 9 aromatic rings. The third-order valence-electron chi connectivity index (χ3n) is 10.9. The van der Waals surface area contributed by atoms with Crippen molar-refractivity contribution in [1.82, 2.24) is 0 Å². The van der Waals surface area contributed by atoms with E-state index < -0.39 is 0 Å². The Kier molecular flexibility index (Phi) is 7.69. The van der Waals surface area contributed by atoms with Crippen LogP contribution in [0, 0.1) is 0 Å². The molecule has 0 saturated carbocycles. The maximum Gasteiger partial charge on any atom is 0.0497 e. The van der Waals surface area contributed by atoms with Gasteiger partial charge in [-0.15, -0.1) is 0 Å². The van der Waals surface area contributed by atoms with Gasteiger partial charge in [-0.1, -0.05) is 164 Å². The van der Waals surface area contributed by atoms with Crippen molar-refractivity contribution < 1.29 is 0 Å². The van der Waals surface area contributed by atoms with Crippen molar-refractivity contribution in [2.24, 2.45) is 0 Å². The number of hydrogen-bond donors (Lipinski definition) is 0. The maximum absolute atomic E-state index is 2.44. The van der Waals surface area contributed by atoms with Crippen molar-refractivity contribution in [3.05, 3.63) is 211 Å². The molecule has 0 N–H and O–H groups in total. The smallest absolute Gasteiger partial charge is 0.0497 e. The largest absolute Gasteiger partial charge is 0.310 e. The quantitative estimate of drug-likeness (QED) is 0.159. The molecule has 1 heteroatoms. The summed E-state index contributed by atoms with van der Waals surface area (Å²) in [6, 6.07) is 68.9. The summed E-state index contributed by atoms with van der Waals surface area (Å²) >= 11 is 0. The van der Waals surface area contributed by atoms with E-state index in [0.29, 0.717) is 0 Å². The molecule has 53 heavy (non-hydrogen) atoms. The van der Waals surface area contributed by atoms with E-state index in [1.54, 1.807) is 0 Å². The highest BCUT2D eigenvalue weighted by atomic mass is 15.2. The first-order chi connectivity index (χ1) is 26.3. The van der Waals surface area contributed by atoms with E-state index >= 15 is 0 Å². The number of benzene rings is 9. The molecule has 0 radical (unpaired) electrons. The number of anilines is 2. The Morgan fingerprint density at radius 3 is 1.28 bits per heavy atom. The van der Waals surface area contributed by atoms with Gasteiger partial charge in [0.15, 0.2) is 0 Å². The van der Waals surface area contributed by atoms with Crippen molar-refractivity contribution in [1.29, 1.82) is 0 Å². The second kappa shape index (κ2) is 13.1. The molecule has 0 saturated heterocycles. The Morgan fingerprint density at radius 2 is 0.736 bits per heavy atom. The van der Waals surface area contributed by atoms with E-state index in [-0.39, 0.29) is 0 Å². The number of rotatable bonds is 6. The van der Waals surface area contributed by atoms with Crippen LogP contribution in [0.25, 0.3) is 70.9 Å². The SMILES string of the molecule is C1=C(c2ccccc2)C(N(c2ccc(-c3ccc4c(ccc5ccccc54)c3)cc2)c2ccc(-c3ccc4c(ccc5ccccc54)c3)cc2)=CCC1. The van der Waals surface area contributed by atoms with E-state index in [4.69, 9.17) is 0 Å². The first-order valence-electron chi connectivity index (χ1n) is 18.6. The van der Waals surface area contributed by atoms with Gasteiger partial charge in [0.1, 0.15) is 0 Å². The van der Waals surface area contributed by atoms with Gasteiger partial charge in [0.2, 0.25) is 0 Å². The first-order valence-corrected chi connectivity index (χ1v) is 18.6.